The lowest BCUT2D eigenvalue weighted by atomic mass is 9.83. The van der Waals surface area contributed by atoms with Gasteiger partial charge in [-0.25, -0.2) is 25.1 Å². The molecule has 2 aliphatic rings. The van der Waals surface area contributed by atoms with Gasteiger partial charge in [-0.1, -0.05) is 24.3 Å². The molecule has 0 saturated heterocycles. The molecule has 0 spiro atoms. The van der Waals surface area contributed by atoms with Crippen LogP contribution in [0.5, 0.6) is 0 Å². The largest absolute Gasteiger partial charge is 0.417 e. The van der Waals surface area contributed by atoms with Crippen molar-refractivity contribution in [1.82, 2.24) is 0 Å². The van der Waals surface area contributed by atoms with E-state index in [1.54, 1.807) is 37.3 Å². The Hall–Kier alpha value is -8.18. The molecule has 230 valence electrons. The van der Waals surface area contributed by atoms with Crippen LogP contribution in [-0.2, 0) is 6.18 Å². The Bertz CT molecular complexity index is 2660. The molecule has 3 aromatic rings. The van der Waals surface area contributed by atoms with E-state index in [0.717, 1.165) is 23.3 Å². The van der Waals surface area contributed by atoms with Gasteiger partial charge in [-0.3, -0.25) is 0 Å². The minimum absolute atomic E-state index is 0.0719. The third-order valence-electron chi connectivity index (χ3n) is 8.36. The second kappa shape index (κ2) is 12.2. The number of halogens is 3. The lowest BCUT2D eigenvalue weighted by Crippen LogP contribution is -2.08. The number of nitriles is 6. The van der Waals surface area contributed by atoms with Gasteiger partial charge in [0.25, 0.3) is 11.4 Å². The second-order valence-electron chi connectivity index (χ2n) is 10.7. The van der Waals surface area contributed by atoms with Gasteiger partial charge in [-0.05, 0) is 76.1 Å². The van der Waals surface area contributed by atoms with Crippen molar-refractivity contribution in [1.29, 1.82) is 31.6 Å². The average Bonchev–Trinajstić information content (AvgIpc) is 3.62. The van der Waals surface area contributed by atoms with Crippen molar-refractivity contribution in [3.63, 3.8) is 0 Å². The Kier molecular flexibility index (Phi) is 8.10. The van der Waals surface area contributed by atoms with Crippen LogP contribution in [0.15, 0.2) is 47.8 Å². The smallest absolute Gasteiger partial charge is 0.237 e. The fourth-order valence-corrected chi connectivity index (χ4v) is 6.18. The zero-order chi connectivity index (χ0) is 36.7. The predicted molar refractivity (Wildman–Crippen MR) is 172 cm³/mol. The number of nitrogens with zero attached hydrogens (tertiary/aromatic N) is 9. The molecular formula is C38H12F3N9. The van der Waals surface area contributed by atoms with E-state index in [4.69, 9.17) is 19.7 Å². The Labute approximate surface area is 283 Å². The molecule has 0 bridgehead atoms. The summed E-state index contributed by atoms with van der Waals surface area (Å²) in [6.45, 7) is 27.4. The lowest BCUT2D eigenvalue weighted by Gasteiger charge is -2.17. The maximum atomic E-state index is 13.7. The molecule has 0 fully saturated rings. The number of aryl methyl sites for hydroxylation is 2. The third kappa shape index (κ3) is 4.63. The summed E-state index contributed by atoms with van der Waals surface area (Å²) in [5.74, 6) is 0. The monoisotopic (exact) mass is 651 g/mol. The zero-order valence-corrected chi connectivity index (χ0v) is 25.6. The fraction of sp³-hybridized carbons (Fsp3) is 0.0789. The second-order valence-corrected chi connectivity index (χ2v) is 10.7. The molecule has 0 atom stereocenters. The van der Waals surface area contributed by atoms with Crippen molar-refractivity contribution in [2.45, 2.75) is 20.0 Å². The van der Waals surface area contributed by atoms with Crippen LogP contribution in [0.4, 0.5) is 13.2 Å². The highest BCUT2D eigenvalue weighted by Crippen LogP contribution is 2.58. The molecule has 0 N–H and O–H groups in total. The van der Waals surface area contributed by atoms with E-state index in [9.17, 15) is 44.7 Å². The van der Waals surface area contributed by atoms with Gasteiger partial charge in [0.1, 0.15) is 12.1 Å². The standard InChI is InChI=1S/C38H12F3N9/c1-18-6-7-20(10-19(18)2)30-36(28(17-47)49-4)33-24(14-44)31-23(13-43)29(21-8-9-26(38(39,40)41)22(11-21)12-42)35(27(16-46)48-3)32(31)25(15-45)34(33)37(30)50-5/h6-11H,1-2H3/b35-27-,36-28+. The normalized spacial score (nSPS) is 14.6. The van der Waals surface area contributed by atoms with Crippen LogP contribution in [0.3, 0.4) is 0 Å². The van der Waals surface area contributed by atoms with E-state index in [-0.39, 0.29) is 66.9 Å². The van der Waals surface area contributed by atoms with Crippen molar-refractivity contribution < 1.29 is 13.2 Å². The van der Waals surface area contributed by atoms with Crippen LogP contribution in [0.25, 0.3) is 48.1 Å². The molecule has 50 heavy (non-hydrogen) atoms. The van der Waals surface area contributed by atoms with E-state index in [1.807, 2.05) is 25.1 Å². The number of rotatable bonds is 2. The molecule has 0 amide bonds. The van der Waals surface area contributed by atoms with Crippen molar-refractivity contribution in [2.75, 3.05) is 0 Å². The minimum atomic E-state index is -4.93. The first kappa shape index (κ1) is 33.2. The number of hydrogen-bond donors (Lipinski definition) is 0. The van der Waals surface area contributed by atoms with Crippen molar-refractivity contribution >= 4 is 33.6 Å². The Balaban J connectivity index is 2.08. The number of allylic oxidation sites excluding steroid dienone is 7. The molecule has 12 heteroatoms. The van der Waals surface area contributed by atoms with Crippen molar-refractivity contribution in [3.8, 4) is 36.4 Å². The van der Waals surface area contributed by atoms with Gasteiger partial charge in [0.15, 0.2) is 0 Å². The summed E-state index contributed by atoms with van der Waals surface area (Å²) >= 11 is 0. The predicted octanol–water partition coefficient (Wildman–Crippen LogP) is 8.49. The first-order chi connectivity index (χ1) is 23.9. The van der Waals surface area contributed by atoms with Gasteiger partial charge < -0.3 is 0 Å². The van der Waals surface area contributed by atoms with E-state index < -0.39 is 34.3 Å². The van der Waals surface area contributed by atoms with Crippen LogP contribution >= 0.6 is 0 Å². The zero-order valence-electron chi connectivity index (χ0n) is 25.6. The molecule has 0 radical (unpaired) electrons. The SMILES string of the molecule is [C-]#[N+]C1=C(c2ccc(C)c(C)c2)/C(=C(/C#N)[N+]#[C-])c2c(C#N)c3c(c(C#N)c21)/C(=C(/C#N)[N+]#[C-])C(c1ccc(C(F)(F)F)c(C#N)c1)=C3C#N. The highest BCUT2D eigenvalue weighted by molar-refractivity contribution is 6.31. The Morgan fingerprint density at radius 3 is 1.66 bits per heavy atom. The maximum Gasteiger partial charge on any atom is 0.417 e. The molecule has 0 heterocycles. The van der Waals surface area contributed by atoms with Crippen LogP contribution in [0, 0.1) is 102 Å². The summed E-state index contributed by atoms with van der Waals surface area (Å²) in [7, 11) is 0. The molecule has 5 rings (SSSR count). The lowest BCUT2D eigenvalue weighted by molar-refractivity contribution is -0.137. The van der Waals surface area contributed by atoms with Crippen LogP contribution in [0.1, 0.15) is 66.8 Å². The van der Waals surface area contributed by atoms with Crippen LogP contribution < -0.4 is 0 Å². The Morgan fingerprint density at radius 2 is 1.18 bits per heavy atom. The van der Waals surface area contributed by atoms with Gasteiger partial charge in [-0.2, -0.15) is 34.2 Å². The molecule has 0 saturated carbocycles. The minimum Gasteiger partial charge on any atom is -0.237 e. The van der Waals surface area contributed by atoms with Gasteiger partial charge in [0, 0.05) is 16.7 Å². The van der Waals surface area contributed by atoms with E-state index in [0.29, 0.717) is 11.6 Å². The molecule has 9 nitrogen and oxygen atoms in total. The maximum absolute atomic E-state index is 13.7. The summed E-state index contributed by atoms with van der Waals surface area (Å²) in [4.78, 5) is 10.3. The highest BCUT2D eigenvalue weighted by Gasteiger charge is 2.43. The highest BCUT2D eigenvalue weighted by atomic mass is 19.4. The quantitative estimate of drug-likeness (QED) is 0.200. The van der Waals surface area contributed by atoms with E-state index >= 15 is 0 Å². The molecule has 0 aliphatic heterocycles. The Morgan fingerprint density at radius 1 is 0.640 bits per heavy atom. The average molecular weight is 652 g/mol. The van der Waals surface area contributed by atoms with Crippen molar-refractivity contribution in [2.24, 2.45) is 0 Å². The fourth-order valence-electron chi connectivity index (χ4n) is 6.18. The summed E-state index contributed by atoms with van der Waals surface area (Å²) in [5.41, 5.74) is -4.53. The first-order valence-corrected chi connectivity index (χ1v) is 14.0. The summed E-state index contributed by atoms with van der Waals surface area (Å²) in [6.07, 6.45) is -4.93. The first-order valence-electron chi connectivity index (χ1n) is 14.0. The molecule has 0 unspecified atom stereocenters. The number of benzene rings is 3. The van der Waals surface area contributed by atoms with Crippen LogP contribution in [-0.4, -0.2) is 0 Å². The molecule has 2 aliphatic carbocycles. The number of hydrogen-bond acceptors (Lipinski definition) is 6. The van der Waals surface area contributed by atoms with Gasteiger partial charge in [-0.15, -0.1) is 0 Å². The molecule has 3 aromatic carbocycles. The summed E-state index contributed by atoms with van der Waals surface area (Å²) in [5, 5.41) is 61.8. The summed E-state index contributed by atoms with van der Waals surface area (Å²) in [6, 6.07) is 18.3. The summed E-state index contributed by atoms with van der Waals surface area (Å²) < 4.78 is 41.2. The molecule has 0 aromatic heterocycles. The van der Waals surface area contributed by atoms with Gasteiger partial charge >= 0.3 is 6.18 Å². The third-order valence-corrected chi connectivity index (χ3v) is 8.36. The number of alkyl halides is 3. The van der Waals surface area contributed by atoms with E-state index in [1.165, 1.54) is 6.07 Å². The topological polar surface area (TPSA) is 156 Å². The van der Waals surface area contributed by atoms with Gasteiger partial charge in [0.2, 0.25) is 5.70 Å². The number of fused-ring (bicyclic) bond motifs is 2. The van der Waals surface area contributed by atoms with E-state index in [2.05, 4.69) is 14.5 Å². The van der Waals surface area contributed by atoms with Crippen LogP contribution in [0.2, 0.25) is 0 Å². The van der Waals surface area contributed by atoms with Gasteiger partial charge in [0.05, 0.1) is 71.8 Å². The molecular weight excluding hydrogens is 639 g/mol. The van der Waals surface area contributed by atoms with Crippen molar-refractivity contribution in [3.05, 3.63) is 149 Å².